The van der Waals surface area contributed by atoms with Gasteiger partial charge in [0.05, 0.1) is 11.1 Å². The molecular formula is C26H28F3N3O3. The zero-order chi connectivity index (χ0) is 25.2. The Morgan fingerprint density at radius 1 is 1.06 bits per heavy atom. The van der Waals surface area contributed by atoms with Crippen molar-refractivity contribution in [3.8, 4) is 5.75 Å². The third kappa shape index (κ3) is 5.85. The van der Waals surface area contributed by atoms with Gasteiger partial charge in [-0.2, -0.15) is 13.2 Å². The van der Waals surface area contributed by atoms with Gasteiger partial charge in [0.25, 0.3) is 5.91 Å². The van der Waals surface area contributed by atoms with Gasteiger partial charge in [0.1, 0.15) is 18.1 Å². The molecule has 2 aromatic carbocycles. The summed E-state index contributed by atoms with van der Waals surface area (Å²) in [6, 6.07) is 11.3. The van der Waals surface area contributed by atoms with Crippen molar-refractivity contribution in [2.45, 2.75) is 40.1 Å². The molecule has 186 valence electrons. The van der Waals surface area contributed by atoms with Crippen LogP contribution in [-0.4, -0.2) is 47.0 Å². The summed E-state index contributed by atoms with van der Waals surface area (Å²) in [4.78, 5) is 16.9. The van der Waals surface area contributed by atoms with Gasteiger partial charge in [0.2, 0.25) is 0 Å². The fourth-order valence-corrected chi connectivity index (χ4v) is 4.10. The normalized spacial score (nSPS) is 14.9. The summed E-state index contributed by atoms with van der Waals surface area (Å²) < 4.78 is 50.3. The first-order valence-electron chi connectivity index (χ1n) is 11.4. The summed E-state index contributed by atoms with van der Waals surface area (Å²) in [5.74, 6) is 1.04. The van der Waals surface area contributed by atoms with Crippen molar-refractivity contribution >= 4 is 5.91 Å². The van der Waals surface area contributed by atoms with E-state index in [0.717, 1.165) is 22.9 Å². The molecule has 3 aromatic rings. The van der Waals surface area contributed by atoms with Crippen LogP contribution >= 0.6 is 0 Å². The molecule has 1 aromatic heterocycles. The molecule has 1 aliphatic heterocycles. The van der Waals surface area contributed by atoms with E-state index in [4.69, 9.17) is 9.26 Å². The Morgan fingerprint density at radius 2 is 1.80 bits per heavy atom. The molecule has 0 radical (unpaired) electrons. The molecule has 0 bridgehead atoms. The quantitative estimate of drug-likeness (QED) is 0.481. The third-order valence-electron chi connectivity index (χ3n) is 6.22. The molecular weight excluding hydrogens is 459 g/mol. The number of ether oxygens (including phenoxy) is 1. The Kier molecular flexibility index (Phi) is 7.16. The van der Waals surface area contributed by atoms with Crippen LogP contribution in [0.3, 0.4) is 0 Å². The van der Waals surface area contributed by atoms with Crippen LogP contribution in [0.15, 0.2) is 47.0 Å². The minimum absolute atomic E-state index is 0.163. The van der Waals surface area contributed by atoms with Crippen LogP contribution in [0.1, 0.15) is 44.1 Å². The minimum atomic E-state index is -4.36. The number of hydrogen-bond donors (Lipinski definition) is 0. The number of rotatable bonds is 6. The van der Waals surface area contributed by atoms with Gasteiger partial charge in [0.15, 0.2) is 5.69 Å². The summed E-state index contributed by atoms with van der Waals surface area (Å²) in [6.07, 6.45) is -4.36. The zero-order valence-electron chi connectivity index (χ0n) is 20.0. The second-order valence-corrected chi connectivity index (χ2v) is 8.89. The SMILES string of the molecule is Cc1ccc(C)c(OCc2c(C(=O)N3CCN(Cc4cccc(C(F)(F)F)c4)CC3)noc2C)c1. The lowest BCUT2D eigenvalue weighted by molar-refractivity contribution is -0.137. The lowest BCUT2D eigenvalue weighted by atomic mass is 10.1. The lowest BCUT2D eigenvalue weighted by Crippen LogP contribution is -2.48. The van der Waals surface area contributed by atoms with Crippen molar-refractivity contribution < 1.29 is 27.2 Å². The smallest absolute Gasteiger partial charge is 0.416 e. The van der Waals surface area contributed by atoms with Gasteiger partial charge in [-0.05, 0) is 49.6 Å². The maximum absolute atomic E-state index is 13.2. The molecule has 0 spiro atoms. The van der Waals surface area contributed by atoms with Gasteiger partial charge in [-0.25, -0.2) is 0 Å². The Balaban J connectivity index is 1.37. The van der Waals surface area contributed by atoms with E-state index in [-0.39, 0.29) is 18.2 Å². The third-order valence-corrected chi connectivity index (χ3v) is 6.22. The van der Waals surface area contributed by atoms with Gasteiger partial charge in [-0.15, -0.1) is 0 Å². The molecule has 1 aliphatic rings. The highest BCUT2D eigenvalue weighted by Gasteiger charge is 2.31. The number of amides is 1. The first kappa shape index (κ1) is 24.8. The summed E-state index contributed by atoms with van der Waals surface area (Å²) in [5, 5.41) is 4.00. The fourth-order valence-electron chi connectivity index (χ4n) is 4.10. The van der Waals surface area contributed by atoms with Crippen LogP contribution in [0.4, 0.5) is 13.2 Å². The summed E-state index contributed by atoms with van der Waals surface area (Å²) in [5.41, 5.74) is 2.86. The Labute approximate surface area is 202 Å². The molecule has 1 fully saturated rings. The number of aryl methyl sites for hydroxylation is 3. The molecule has 0 saturated carbocycles. The number of halogens is 3. The maximum atomic E-state index is 13.2. The molecule has 4 rings (SSSR count). The van der Waals surface area contributed by atoms with Gasteiger partial charge < -0.3 is 14.2 Å². The van der Waals surface area contributed by atoms with E-state index >= 15 is 0 Å². The van der Waals surface area contributed by atoms with Gasteiger partial charge in [0, 0.05) is 32.7 Å². The van der Waals surface area contributed by atoms with Crippen molar-refractivity contribution in [1.82, 2.24) is 15.0 Å². The predicted molar refractivity (Wildman–Crippen MR) is 124 cm³/mol. The first-order valence-corrected chi connectivity index (χ1v) is 11.4. The van der Waals surface area contributed by atoms with Crippen molar-refractivity contribution in [3.63, 3.8) is 0 Å². The number of nitrogens with zero attached hydrogens (tertiary/aromatic N) is 3. The van der Waals surface area contributed by atoms with Gasteiger partial charge >= 0.3 is 6.18 Å². The lowest BCUT2D eigenvalue weighted by Gasteiger charge is -2.34. The second-order valence-electron chi connectivity index (χ2n) is 8.89. The molecule has 1 saturated heterocycles. The van der Waals surface area contributed by atoms with E-state index in [1.54, 1.807) is 17.9 Å². The summed E-state index contributed by atoms with van der Waals surface area (Å²) in [6.45, 7) is 8.24. The second kappa shape index (κ2) is 10.1. The van der Waals surface area contributed by atoms with Gasteiger partial charge in [-0.1, -0.05) is 35.5 Å². The molecule has 9 heteroatoms. The molecule has 2 heterocycles. The molecule has 0 unspecified atom stereocenters. The molecule has 35 heavy (non-hydrogen) atoms. The number of hydrogen-bond acceptors (Lipinski definition) is 5. The van der Waals surface area contributed by atoms with E-state index in [2.05, 4.69) is 5.16 Å². The van der Waals surface area contributed by atoms with Crippen molar-refractivity contribution in [1.29, 1.82) is 0 Å². The van der Waals surface area contributed by atoms with Gasteiger partial charge in [-0.3, -0.25) is 9.69 Å². The number of piperazine rings is 1. The standard InChI is InChI=1S/C26H28F3N3O3/c1-17-7-8-18(2)23(13-17)34-16-22-19(3)35-30-24(22)25(33)32-11-9-31(10-12-32)15-20-5-4-6-21(14-20)26(27,28)29/h4-8,13-14H,9-12,15-16H2,1-3H3. The summed E-state index contributed by atoms with van der Waals surface area (Å²) >= 11 is 0. The fraction of sp³-hybridized carbons (Fsp3) is 0.385. The van der Waals surface area contributed by atoms with Crippen molar-refractivity contribution in [2.24, 2.45) is 0 Å². The van der Waals surface area contributed by atoms with Crippen LogP contribution in [-0.2, 0) is 19.3 Å². The Bertz CT molecular complexity index is 1200. The topological polar surface area (TPSA) is 58.8 Å². The predicted octanol–water partition coefficient (Wildman–Crippen LogP) is 5.16. The average Bonchev–Trinajstić information content (AvgIpc) is 3.19. The van der Waals surface area contributed by atoms with E-state index in [1.807, 2.05) is 36.9 Å². The molecule has 0 atom stereocenters. The first-order chi connectivity index (χ1) is 16.6. The van der Waals surface area contributed by atoms with Crippen LogP contribution < -0.4 is 4.74 Å². The summed E-state index contributed by atoms with van der Waals surface area (Å²) in [7, 11) is 0. The number of alkyl halides is 3. The zero-order valence-corrected chi connectivity index (χ0v) is 20.0. The molecule has 6 nitrogen and oxygen atoms in total. The number of aromatic nitrogens is 1. The van der Waals surface area contributed by atoms with Crippen molar-refractivity contribution in [3.05, 3.63) is 81.7 Å². The number of benzene rings is 2. The molecule has 1 amide bonds. The maximum Gasteiger partial charge on any atom is 0.416 e. The van der Waals surface area contributed by atoms with Crippen molar-refractivity contribution in [2.75, 3.05) is 26.2 Å². The Hall–Kier alpha value is -3.33. The van der Waals surface area contributed by atoms with E-state index in [9.17, 15) is 18.0 Å². The van der Waals surface area contributed by atoms with E-state index in [0.29, 0.717) is 49.6 Å². The number of carbonyl (C=O) groups excluding carboxylic acids is 1. The highest BCUT2D eigenvalue weighted by atomic mass is 19.4. The van der Waals surface area contributed by atoms with Crippen LogP contribution in [0.5, 0.6) is 5.75 Å². The minimum Gasteiger partial charge on any atom is -0.488 e. The van der Waals surface area contributed by atoms with Crippen LogP contribution in [0.25, 0.3) is 0 Å². The highest BCUT2D eigenvalue weighted by molar-refractivity contribution is 5.93. The molecule has 0 aliphatic carbocycles. The number of carbonyl (C=O) groups is 1. The highest BCUT2D eigenvalue weighted by Crippen LogP contribution is 2.30. The Morgan fingerprint density at radius 3 is 2.51 bits per heavy atom. The van der Waals surface area contributed by atoms with E-state index in [1.165, 1.54) is 12.1 Å². The van der Waals surface area contributed by atoms with E-state index < -0.39 is 11.7 Å². The monoisotopic (exact) mass is 487 g/mol. The van der Waals surface area contributed by atoms with Crippen LogP contribution in [0.2, 0.25) is 0 Å². The largest absolute Gasteiger partial charge is 0.488 e. The molecule has 0 N–H and O–H groups in total. The van der Waals surface area contributed by atoms with Crippen LogP contribution in [0, 0.1) is 20.8 Å². The average molecular weight is 488 g/mol.